The summed E-state index contributed by atoms with van der Waals surface area (Å²) in [4.78, 5) is 0. The molecule has 5 heteroatoms. The van der Waals surface area contributed by atoms with Gasteiger partial charge >= 0.3 is 0 Å². The number of rotatable bonds is 4. The Morgan fingerprint density at radius 1 is 1.35 bits per heavy atom. The van der Waals surface area contributed by atoms with Crippen LogP contribution in [0.15, 0.2) is 28.9 Å². The molecular weight excluding hydrogens is 338 g/mol. The highest BCUT2D eigenvalue weighted by molar-refractivity contribution is 9.10. The molecule has 1 aromatic carbocycles. The van der Waals surface area contributed by atoms with E-state index in [-0.39, 0.29) is 6.04 Å². The first-order chi connectivity index (χ1) is 9.45. The van der Waals surface area contributed by atoms with Crippen molar-refractivity contribution in [3.8, 4) is 0 Å². The van der Waals surface area contributed by atoms with E-state index >= 15 is 0 Å². The Hall–Kier alpha value is -0.840. The summed E-state index contributed by atoms with van der Waals surface area (Å²) in [6.07, 6.45) is 1.85. The number of aryl methyl sites for hydroxylation is 1. The predicted molar refractivity (Wildman–Crippen MR) is 87.4 cm³/mol. The highest BCUT2D eigenvalue weighted by Crippen LogP contribution is 2.31. The van der Waals surface area contributed by atoms with Crippen molar-refractivity contribution < 1.29 is 0 Å². The van der Waals surface area contributed by atoms with Gasteiger partial charge in [-0.1, -0.05) is 23.7 Å². The lowest BCUT2D eigenvalue weighted by molar-refractivity contribution is 0.483. The van der Waals surface area contributed by atoms with Crippen molar-refractivity contribution in [3.05, 3.63) is 50.7 Å². The van der Waals surface area contributed by atoms with Gasteiger partial charge in [0.15, 0.2) is 0 Å². The topological polar surface area (TPSA) is 29.9 Å². The third kappa shape index (κ3) is 2.92. The van der Waals surface area contributed by atoms with E-state index in [0.29, 0.717) is 6.04 Å². The Bertz CT molecular complexity index is 607. The van der Waals surface area contributed by atoms with Crippen molar-refractivity contribution in [2.75, 3.05) is 7.05 Å². The standard InChI is InChI=1S/C15H19BrClN3/c1-9(2)20-15(12(16)8-19-20)14(18-4)11-5-6-13(17)10(3)7-11/h5-9,14,18H,1-4H3. The highest BCUT2D eigenvalue weighted by Gasteiger charge is 2.22. The fraction of sp³-hybridized carbons (Fsp3) is 0.400. The maximum Gasteiger partial charge on any atom is 0.0757 e. The van der Waals surface area contributed by atoms with Gasteiger partial charge in [-0.05, 0) is 60.9 Å². The average molecular weight is 357 g/mol. The molecule has 0 fully saturated rings. The summed E-state index contributed by atoms with van der Waals surface area (Å²) in [5, 5.41) is 8.61. The summed E-state index contributed by atoms with van der Waals surface area (Å²) in [5.41, 5.74) is 3.39. The molecule has 2 rings (SSSR count). The molecule has 1 atom stereocenters. The van der Waals surface area contributed by atoms with Crippen molar-refractivity contribution in [3.63, 3.8) is 0 Å². The van der Waals surface area contributed by atoms with E-state index in [1.54, 1.807) is 0 Å². The molecular formula is C15H19BrClN3. The number of hydrogen-bond donors (Lipinski definition) is 1. The predicted octanol–water partition coefficient (Wildman–Crippen LogP) is 4.50. The monoisotopic (exact) mass is 355 g/mol. The molecule has 3 nitrogen and oxygen atoms in total. The van der Waals surface area contributed by atoms with Crippen molar-refractivity contribution in [1.82, 2.24) is 15.1 Å². The van der Waals surface area contributed by atoms with Gasteiger partial charge in [-0.2, -0.15) is 5.10 Å². The van der Waals surface area contributed by atoms with Gasteiger partial charge in [-0.3, -0.25) is 4.68 Å². The van der Waals surface area contributed by atoms with E-state index in [4.69, 9.17) is 11.6 Å². The number of aromatic nitrogens is 2. The summed E-state index contributed by atoms with van der Waals surface area (Å²) >= 11 is 9.73. The first-order valence-corrected chi connectivity index (χ1v) is 7.79. The first-order valence-electron chi connectivity index (χ1n) is 6.62. The van der Waals surface area contributed by atoms with E-state index in [2.05, 4.69) is 52.3 Å². The fourth-order valence-corrected chi connectivity index (χ4v) is 2.96. The van der Waals surface area contributed by atoms with E-state index in [9.17, 15) is 0 Å². The smallest absolute Gasteiger partial charge is 0.0757 e. The van der Waals surface area contributed by atoms with E-state index in [1.165, 1.54) is 5.56 Å². The van der Waals surface area contributed by atoms with Crippen LogP contribution in [0.1, 0.15) is 42.8 Å². The Morgan fingerprint density at radius 3 is 2.60 bits per heavy atom. The van der Waals surface area contributed by atoms with Crippen LogP contribution in [0.2, 0.25) is 5.02 Å². The third-order valence-corrected chi connectivity index (χ3v) is 4.39. The average Bonchev–Trinajstić information content (AvgIpc) is 2.77. The molecule has 1 heterocycles. The van der Waals surface area contributed by atoms with Crippen LogP contribution in [0, 0.1) is 6.92 Å². The molecule has 1 N–H and O–H groups in total. The number of halogens is 2. The zero-order chi connectivity index (χ0) is 14.9. The molecule has 0 bridgehead atoms. The maximum absolute atomic E-state index is 6.12. The van der Waals surface area contributed by atoms with Crippen molar-refractivity contribution in [2.24, 2.45) is 0 Å². The second kappa shape index (κ2) is 6.29. The zero-order valence-electron chi connectivity index (χ0n) is 12.1. The van der Waals surface area contributed by atoms with Crippen LogP contribution in [0.5, 0.6) is 0 Å². The maximum atomic E-state index is 6.12. The molecule has 2 aromatic rings. The number of hydrogen-bond acceptors (Lipinski definition) is 2. The van der Waals surface area contributed by atoms with E-state index < -0.39 is 0 Å². The molecule has 1 unspecified atom stereocenters. The molecule has 0 saturated carbocycles. The number of benzene rings is 1. The minimum absolute atomic E-state index is 0.0743. The van der Waals surface area contributed by atoms with Crippen LogP contribution >= 0.6 is 27.5 Å². The summed E-state index contributed by atoms with van der Waals surface area (Å²) in [7, 11) is 1.96. The normalized spacial score (nSPS) is 12.9. The van der Waals surface area contributed by atoms with Crippen molar-refractivity contribution >= 4 is 27.5 Å². The lowest BCUT2D eigenvalue weighted by Crippen LogP contribution is -2.23. The summed E-state index contributed by atoms with van der Waals surface area (Å²) < 4.78 is 3.05. The molecule has 0 amide bonds. The van der Waals surface area contributed by atoms with E-state index in [1.807, 2.05) is 30.9 Å². The quantitative estimate of drug-likeness (QED) is 0.874. The summed E-state index contributed by atoms with van der Waals surface area (Å²) in [6.45, 7) is 6.28. The van der Waals surface area contributed by atoms with Crippen LogP contribution in [-0.4, -0.2) is 16.8 Å². The van der Waals surface area contributed by atoms with Crippen LogP contribution in [0.25, 0.3) is 0 Å². The van der Waals surface area contributed by atoms with Gasteiger partial charge in [0.25, 0.3) is 0 Å². The Labute approximate surface area is 133 Å². The first kappa shape index (κ1) is 15.5. The second-order valence-electron chi connectivity index (χ2n) is 5.15. The molecule has 0 saturated heterocycles. The van der Waals surface area contributed by atoms with Crippen LogP contribution in [-0.2, 0) is 0 Å². The van der Waals surface area contributed by atoms with Gasteiger partial charge in [0.1, 0.15) is 0 Å². The Morgan fingerprint density at radius 2 is 2.05 bits per heavy atom. The minimum atomic E-state index is 0.0743. The molecule has 0 spiro atoms. The molecule has 20 heavy (non-hydrogen) atoms. The van der Waals surface area contributed by atoms with Crippen molar-refractivity contribution in [2.45, 2.75) is 32.9 Å². The van der Waals surface area contributed by atoms with Gasteiger partial charge in [0.2, 0.25) is 0 Å². The van der Waals surface area contributed by atoms with E-state index in [0.717, 1.165) is 20.8 Å². The number of nitrogens with one attached hydrogen (secondary N) is 1. The number of nitrogens with zero attached hydrogens (tertiary/aromatic N) is 2. The largest absolute Gasteiger partial charge is 0.308 e. The van der Waals surface area contributed by atoms with Gasteiger partial charge in [-0.15, -0.1) is 0 Å². The highest BCUT2D eigenvalue weighted by atomic mass is 79.9. The van der Waals surface area contributed by atoms with Gasteiger partial charge in [0.05, 0.1) is 22.4 Å². The zero-order valence-corrected chi connectivity index (χ0v) is 14.5. The lowest BCUT2D eigenvalue weighted by Gasteiger charge is -2.21. The molecule has 108 valence electrons. The summed E-state index contributed by atoms with van der Waals surface area (Å²) in [5.74, 6) is 0. The molecule has 0 aliphatic rings. The van der Waals surface area contributed by atoms with Gasteiger partial charge in [0, 0.05) is 11.1 Å². The van der Waals surface area contributed by atoms with Crippen LogP contribution in [0.4, 0.5) is 0 Å². The van der Waals surface area contributed by atoms with Gasteiger partial charge in [-0.25, -0.2) is 0 Å². The third-order valence-electron chi connectivity index (χ3n) is 3.35. The molecule has 0 aliphatic carbocycles. The SMILES string of the molecule is CNC(c1ccc(Cl)c(C)c1)c1c(Br)cnn1C(C)C. The van der Waals surface area contributed by atoms with Crippen molar-refractivity contribution in [1.29, 1.82) is 0 Å². The Kier molecular flexibility index (Phi) is 4.89. The molecule has 0 radical (unpaired) electrons. The molecule has 0 aliphatic heterocycles. The Balaban J connectivity index is 2.52. The van der Waals surface area contributed by atoms with Gasteiger partial charge < -0.3 is 5.32 Å². The minimum Gasteiger partial charge on any atom is -0.308 e. The second-order valence-corrected chi connectivity index (χ2v) is 6.41. The summed E-state index contributed by atoms with van der Waals surface area (Å²) in [6, 6.07) is 6.50. The fourth-order valence-electron chi connectivity index (χ4n) is 2.34. The lowest BCUT2D eigenvalue weighted by atomic mass is 10.0. The van der Waals surface area contributed by atoms with Crippen LogP contribution < -0.4 is 5.32 Å². The molecule has 1 aromatic heterocycles. The van der Waals surface area contributed by atoms with Crippen LogP contribution in [0.3, 0.4) is 0 Å².